The van der Waals surface area contributed by atoms with Crippen molar-refractivity contribution in [3.8, 4) is 0 Å². The number of nitrogens with zero attached hydrogens (tertiary/aromatic N) is 5. The van der Waals surface area contributed by atoms with Crippen molar-refractivity contribution in [3.63, 3.8) is 0 Å². The van der Waals surface area contributed by atoms with Gasteiger partial charge in [0.15, 0.2) is 0 Å². The summed E-state index contributed by atoms with van der Waals surface area (Å²) < 4.78 is 0. The Morgan fingerprint density at radius 1 is 1.30 bits per heavy atom. The Morgan fingerprint density at radius 2 is 2.05 bits per heavy atom. The number of anilines is 3. The average molecular weight is 278 g/mol. The molecule has 0 spiro atoms. The van der Waals surface area contributed by atoms with Gasteiger partial charge in [0.05, 0.1) is 0 Å². The Morgan fingerprint density at radius 3 is 2.60 bits per heavy atom. The van der Waals surface area contributed by atoms with E-state index in [1.165, 1.54) is 6.42 Å². The zero-order chi connectivity index (χ0) is 14.7. The minimum absolute atomic E-state index is 0.661. The zero-order valence-corrected chi connectivity index (χ0v) is 13.2. The van der Waals surface area contributed by atoms with E-state index in [2.05, 4.69) is 39.0 Å². The first-order valence-corrected chi connectivity index (χ1v) is 7.43. The summed E-state index contributed by atoms with van der Waals surface area (Å²) in [4.78, 5) is 17.7. The van der Waals surface area contributed by atoms with Crippen molar-refractivity contribution in [2.75, 3.05) is 48.8 Å². The van der Waals surface area contributed by atoms with Gasteiger partial charge in [-0.3, -0.25) is 0 Å². The second kappa shape index (κ2) is 6.24. The maximum atomic E-state index is 4.58. The molecule has 1 N–H and O–H groups in total. The van der Waals surface area contributed by atoms with Gasteiger partial charge in [-0.25, -0.2) is 0 Å². The van der Waals surface area contributed by atoms with Crippen LogP contribution in [0.25, 0.3) is 0 Å². The third-order valence-electron chi connectivity index (χ3n) is 3.80. The van der Waals surface area contributed by atoms with E-state index in [9.17, 15) is 0 Å². The van der Waals surface area contributed by atoms with Crippen molar-refractivity contribution in [3.05, 3.63) is 0 Å². The third kappa shape index (κ3) is 3.29. The molecule has 1 saturated heterocycles. The minimum atomic E-state index is 0.661. The number of nitrogens with one attached hydrogen (secondary N) is 1. The molecular weight excluding hydrogens is 252 g/mol. The summed E-state index contributed by atoms with van der Waals surface area (Å²) in [6.07, 6.45) is 1.22. The molecule has 1 aromatic heterocycles. The third-order valence-corrected chi connectivity index (χ3v) is 3.80. The van der Waals surface area contributed by atoms with Gasteiger partial charge in [0.2, 0.25) is 17.8 Å². The minimum Gasteiger partial charge on any atom is -0.354 e. The van der Waals surface area contributed by atoms with Crippen LogP contribution in [-0.4, -0.2) is 48.7 Å². The van der Waals surface area contributed by atoms with Gasteiger partial charge < -0.3 is 15.1 Å². The molecule has 0 aliphatic carbocycles. The first-order valence-electron chi connectivity index (χ1n) is 7.43. The Hall–Kier alpha value is -1.59. The largest absolute Gasteiger partial charge is 0.354 e. The van der Waals surface area contributed by atoms with Gasteiger partial charge in [-0.05, 0) is 25.2 Å². The summed E-state index contributed by atoms with van der Waals surface area (Å²) in [6, 6.07) is 0. The molecule has 0 radical (unpaired) electrons. The molecule has 2 heterocycles. The van der Waals surface area contributed by atoms with Crippen LogP contribution in [0.3, 0.4) is 0 Å². The molecule has 1 atom stereocenters. The fourth-order valence-electron chi connectivity index (χ4n) is 2.45. The summed E-state index contributed by atoms with van der Waals surface area (Å²) in [7, 11) is 3.91. The van der Waals surface area contributed by atoms with Crippen LogP contribution in [-0.2, 0) is 0 Å². The predicted molar refractivity (Wildman–Crippen MR) is 83.5 cm³/mol. The van der Waals surface area contributed by atoms with Gasteiger partial charge in [-0.1, -0.05) is 13.8 Å². The lowest BCUT2D eigenvalue weighted by molar-refractivity contribution is 0.422. The molecule has 0 saturated carbocycles. The van der Waals surface area contributed by atoms with Crippen LogP contribution in [0.4, 0.5) is 17.8 Å². The monoisotopic (exact) mass is 278 g/mol. The summed E-state index contributed by atoms with van der Waals surface area (Å²) in [5, 5.41) is 3.19. The van der Waals surface area contributed by atoms with Crippen molar-refractivity contribution < 1.29 is 0 Å². The molecule has 6 nitrogen and oxygen atoms in total. The van der Waals surface area contributed by atoms with Crippen LogP contribution >= 0.6 is 0 Å². The lowest BCUT2D eigenvalue weighted by atomic mass is 9.95. The van der Waals surface area contributed by atoms with E-state index >= 15 is 0 Å². The quantitative estimate of drug-likeness (QED) is 0.887. The number of aromatic nitrogens is 3. The van der Waals surface area contributed by atoms with E-state index in [1.54, 1.807) is 0 Å². The van der Waals surface area contributed by atoms with E-state index in [-0.39, 0.29) is 0 Å². The first kappa shape index (κ1) is 14.8. The molecule has 112 valence electrons. The van der Waals surface area contributed by atoms with Crippen molar-refractivity contribution >= 4 is 17.8 Å². The lowest BCUT2D eigenvalue weighted by Gasteiger charge is -2.20. The summed E-state index contributed by atoms with van der Waals surface area (Å²) in [5.74, 6) is 3.61. The van der Waals surface area contributed by atoms with Crippen molar-refractivity contribution in [2.24, 2.45) is 11.8 Å². The topological polar surface area (TPSA) is 57.2 Å². The van der Waals surface area contributed by atoms with E-state index < -0.39 is 0 Å². The Bertz CT molecular complexity index is 445. The molecule has 1 aromatic rings. The standard InChI is InChI=1S/C14H26N6/c1-6-15-12-16-13(19(4)5)18-14(17-12)20-8-7-11(9-20)10(2)3/h10-11H,6-9H2,1-5H3,(H,15,16,17,18). The van der Waals surface area contributed by atoms with E-state index in [1.807, 2.05) is 25.9 Å². The number of hydrogen-bond acceptors (Lipinski definition) is 6. The molecular formula is C14H26N6. The summed E-state index contributed by atoms with van der Waals surface area (Å²) in [5.41, 5.74) is 0. The van der Waals surface area contributed by atoms with Gasteiger partial charge in [0.25, 0.3) is 0 Å². The van der Waals surface area contributed by atoms with Crippen LogP contribution in [0, 0.1) is 11.8 Å². The van der Waals surface area contributed by atoms with Crippen LogP contribution in [0.15, 0.2) is 0 Å². The lowest BCUT2D eigenvalue weighted by Crippen LogP contribution is -2.25. The second-order valence-electron chi connectivity index (χ2n) is 5.92. The van der Waals surface area contributed by atoms with Crippen LogP contribution in [0.5, 0.6) is 0 Å². The Kier molecular flexibility index (Phi) is 4.62. The fourth-order valence-corrected chi connectivity index (χ4v) is 2.45. The highest BCUT2D eigenvalue weighted by Crippen LogP contribution is 2.27. The van der Waals surface area contributed by atoms with E-state index in [0.717, 1.165) is 31.5 Å². The number of rotatable bonds is 5. The molecule has 0 aromatic carbocycles. The van der Waals surface area contributed by atoms with Crippen molar-refractivity contribution in [1.82, 2.24) is 15.0 Å². The van der Waals surface area contributed by atoms with E-state index in [4.69, 9.17) is 0 Å². The van der Waals surface area contributed by atoms with E-state index in [0.29, 0.717) is 17.8 Å². The predicted octanol–water partition coefficient (Wildman–Crippen LogP) is 1.85. The molecule has 20 heavy (non-hydrogen) atoms. The van der Waals surface area contributed by atoms with Crippen molar-refractivity contribution in [1.29, 1.82) is 0 Å². The molecule has 6 heteroatoms. The van der Waals surface area contributed by atoms with Gasteiger partial charge in [0, 0.05) is 33.7 Å². The van der Waals surface area contributed by atoms with Crippen molar-refractivity contribution in [2.45, 2.75) is 27.2 Å². The molecule has 1 fully saturated rings. The Balaban J connectivity index is 2.22. The highest BCUT2D eigenvalue weighted by atomic mass is 15.4. The number of hydrogen-bond donors (Lipinski definition) is 1. The maximum Gasteiger partial charge on any atom is 0.231 e. The summed E-state index contributed by atoms with van der Waals surface area (Å²) >= 11 is 0. The SMILES string of the molecule is CCNc1nc(N(C)C)nc(N2CCC(C(C)C)C2)n1. The van der Waals surface area contributed by atoms with Gasteiger partial charge in [-0.15, -0.1) is 0 Å². The Labute approximate surface area is 121 Å². The van der Waals surface area contributed by atoms with Crippen LogP contribution in [0.2, 0.25) is 0 Å². The van der Waals surface area contributed by atoms with Gasteiger partial charge in [0.1, 0.15) is 0 Å². The molecule has 1 aliphatic rings. The molecule has 0 bridgehead atoms. The van der Waals surface area contributed by atoms with Gasteiger partial charge >= 0.3 is 0 Å². The molecule has 0 amide bonds. The first-order chi connectivity index (χ1) is 9.51. The molecule has 1 aliphatic heterocycles. The fraction of sp³-hybridized carbons (Fsp3) is 0.786. The smallest absolute Gasteiger partial charge is 0.231 e. The normalized spacial score (nSPS) is 18.7. The highest BCUT2D eigenvalue weighted by Gasteiger charge is 2.27. The average Bonchev–Trinajstić information content (AvgIpc) is 2.88. The molecule has 1 unspecified atom stereocenters. The molecule has 2 rings (SSSR count). The van der Waals surface area contributed by atoms with Crippen LogP contribution in [0.1, 0.15) is 27.2 Å². The van der Waals surface area contributed by atoms with Crippen LogP contribution < -0.4 is 15.1 Å². The zero-order valence-electron chi connectivity index (χ0n) is 13.2. The highest BCUT2D eigenvalue weighted by molar-refractivity contribution is 5.45. The van der Waals surface area contributed by atoms with Gasteiger partial charge in [-0.2, -0.15) is 15.0 Å². The maximum absolute atomic E-state index is 4.58. The second-order valence-corrected chi connectivity index (χ2v) is 5.92. The summed E-state index contributed by atoms with van der Waals surface area (Å²) in [6.45, 7) is 9.51.